The second-order valence-electron chi connectivity index (χ2n) is 3.96. The number of methoxy groups -OCH3 is 1. The van der Waals surface area contributed by atoms with Crippen LogP contribution < -0.4 is 0 Å². The average molecular weight is 278 g/mol. The fourth-order valence-electron chi connectivity index (χ4n) is 1.57. The standard InChI is InChI=1S/C12H14N4O2S/c1-8-5-4-6-10(9(8)2)16-12(13-14-15-16)19-7-11(17)18-3/h4-6H,7H2,1-3H3. The molecule has 0 aliphatic carbocycles. The number of carbonyl (C=O) groups excluding carboxylic acids is 1. The minimum absolute atomic E-state index is 0.182. The van der Waals surface area contributed by atoms with Gasteiger partial charge in [-0.3, -0.25) is 4.79 Å². The van der Waals surface area contributed by atoms with Crippen molar-refractivity contribution in [3.8, 4) is 5.69 Å². The molecule has 0 unspecified atom stereocenters. The maximum Gasteiger partial charge on any atom is 0.316 e. The molecule has 19 heavy (non-hydrogen) atoms. The van der Waals surface area contributed by atoms with E-state index in [1.54, 1.807) is 4.68 Å². The molecule has 1 aromatic carbocycles. The van der Waals surface area contributed by atoms with Crippen LogP contribution in [-0.4, -0.2) is 39.0 Å². The molecule has 6 nitrogen and oxygen atoms in total. The van der Waals surface area contributed by atoms with Gasteiger partial charge in [0.25, 0.3) is 0 Å². The van der Waals surface area contributed by atoms with Gasteiger partial charge in [0.05, 0.1) is 18.6 Å². The maximum absolute atomic E-state index is 11.2. The minimum atomic E-state index is -0.305. The zero-order valence-corrected chi connectivity index (χ0v) is 11.8. The summed E-state index contributed by atoms with van der Waals surface area (Å²) in [6.45, 7) is 4.05. The summed E-state index contributed by atoms with van der Waals surface area (Å²) in [7, 11) is 1.36. The number of carbonyl (C=O) groups is 1. The highest BCUT2D eigenvalue weighted by Gasteiger charge is 2.13. The number of thioether (sulfide) groups is 1. The normalized spacial score (nSPS) is 10.5. The first kappa shape index (κ1) is 13.5. The van der Waals surface area contributed by atoms with E-state index in [-0.39, 0.29) is 11.7 Å². The van der Waals surface area contributed by atoms with Gasteiger partial charge < -0.3 is 4.74 Å². The molecular formula is C12H14N4O2S. The molecule has 0 saturated carbocycles. The number of benzene rings is 1. The summed E-state index contributed by atoms with van der Waals surface area (Å²) in [5.74, 6) is -0.123. The minimum Gasteiger partial charge on any atom is -0.468 e. The number of rotatable bonds is 4. The van der Waals surface area contributed by atoms with Gasteiger partial charge in [-0.15, -0.1) is 5.10 Å². The van der Waals surface area contributed by atoms with Crippen molar-refractivity contribution >= 4 is 17.7 Å². The third-order valence-corrected chi connectivity index (χ3v) is 3.68. The molecular weight excluding hydrogens is 264 g/mol. The van der Waals surface area contributed by atoms with Crippen molar-refractivity contribution in [3.63, 3.8) is 0 Å². The molecule has 1 aromatic heterocycles. The van der Waals surface area contributed by atoms with Crippen LogP contribution in [0.5, 0.6) is 0 Å². The Balaban J connectivity index is 2.29. The van der Waals surface area contributed by atoms with Gasteiger partial charge in [0.2, 0.25) is 5.16 Å². The van der Waals surface area contributed by atoms with Gasteiger partial charge in [0.15, 0.2) is 0 Å². The molecule has 0 radical (unpaired) electrons. The lowest BCUT2D eigenvalue weighted by molar-refractivity contribution is -0.137. The van der Waals surface area contributed by atoms with Crippen molar-refractivity contribution in [2.24, 2.45) is 0 Å². The van der Waals surface area contributed by atoms with Crippen LogP contribution in [-0.2, 0) is 9.53 Å². The Morgan fingerprint density at radius 1 is 1.42 bits per heavy atom. The fourth-order valence-corrected chi connectivity index (χ4v) is 2.28. The van der Waals surface area contributed by atoms with Crippen molar-refractivity contribution in [3.05, 3.63) is 29.3 Å². The van der Waals surface area contributed by atoms with E-state index in [2.05, 4.69) is 20.3 Å². The van der Waals surface area contributed by atoms with Crippen molar-refractivity contribution in [2.75, 3.05) is 12.9 Å². The molecule has 0 aliphatic rings. The van der Waals surface area contributed by atoms with Crippen LogP contribution in [0.2, 0.25) is 0 Å². The Labute approximate surface area is 115 Å². The van der Waals surface area contributed by atoms with Crippen LogP contribution >= 0.6 is 11.8 Å². The second kappa shape index (κ2) is 5.83. The molecule has 1 heterocycles. The summed E-state index contributed by atoms with van der Waals surface area (Å²) in [5, 5.41) is 12.1. The predicted octanol–water partition coefficient (Wildman–Crippen LogP) is 1.54. The SMILES string of the molecule is COC(=O)CSc1nnnn1-c1cccc(C)c1C. The summed E-state index contributed by atoms with van der Waals surface area (Å²) in [4.78, 5) is 11.2. The van der Waals surface area contributed by atoms with Crippen molar-refractivity contribution < 1.29 is 9.53 Å². The van der Waals surface area contributed by atoms with E-state index in [0.717, 1.165) is 16.8 Å². The van der Waals surface area contributed by atoms with E-state index in [4.69, 9.17) is 0 Å². The van der Waals surface area contributed by atoms with E-state index in [1.807, 2.05) is 32.0 Å². The van der Waals surface area contributed by atoms with Crippen LogP contribution in [0, 0.1) is 13.8 Å². The molecule has 7 heteroatoms. The third-order valence-electron chi connectivity index (χ3n) is 2.79. The first-order chi connectivity index (χ1) is 9.13. The number of aromatic nitrogens is 4. The predicted molar refractivity (Wildman–Crippen MR) is 71.4 cm³/mol. The van der Waals surface area contributed by atoms with E-state index >= 15 is 0 Å². The lowest BCUT2D eigenvalue weighted by atomic mass is 10.1. The van der Waals surface area contributed by atoms with Crippen LogP contribution in [0.25, 0.3) is 5.69 Å². The molecule has 0 spiro atoms. The van der Waals surface area contributed by atoms with E-state index < -0.39 is 0 Å². The van der Waals surface area contributed by atoms with Crippen LogP contribution in [0.15, 0.2) is 23.4 Å². The Morgan fingerprint density at radius 3 is 2.95 bits per heavy atom. The topological polar surface area (TPSA) is 69.9 Å². The molecule has 0 fully saturated rings. The first-order valence-electron chi connectivity index (χ1n) is 5.68. The van der Waals surface area contributed by atoms with Gasteiger partial charge in [0, 0.05) is 0 Å². The summed E-state index contributed by atoms with van der Waals surface area (Å²) in [6, 6.07) is 5.93. The highest BCUT2D eigenvalue weighted by molar-refractivity contribution is 7.99. The van der Waals surface area contributed by atoms with Crippen LogP contribution in [0.4, 0.5) is 0 Å². The summed E-state index contributed by atoms with van der Waals surface area (Å²) in [5.41, 5.74) is 3.18. The van der Waals surface area contributed by atoms with Crippen molar-refractivity contribution in [1.82, 2.24) is 20.2 Å². The lowest BCUT2D eigenvalue weighted by Gasteiger charge is -2.09. The molecule has 2 rings (SSSR count). The maximum atomic E-state index is 11.2. The summed E-state index contributed by atoms with van der Waals surface area (Å²) >= 11 is 1.25. The third kappa shape index (κ3) is 2.93. The highest BCUT2D eigenvalue weighted by atomic mass is 32.2. The van der Waals surface area contributed by atoms with Gasteiger partial charge in [-0.25, -0.2) is 0 Å². The van der Waals surface area contributed by atoms with Crippen LogP contribution in [0.3, 0.4) is 0 Å². The Morgan fingerprint density at radius 2 is 2.21 bits per heavy atom. The number of hydrogen-bond acceptors (Lipinski definition) is 6. The summed E-state index contributed by atoms with van der Waals surface area (Å²) < 4.78 is 6.23. The number of nitrogens with zero attached hydrogens (tertiary/aromatic N) is 4. The van der Waals surface area contributed by atoms with Gasteiger partial charge in [-0.1, -0.05) is 23.9 Å². The quantitative estimate of drug-likeness (QED) is 0.624. The molecule has 0 aliphatic heterocycles. The number of esters is 1. The largest absolute Gasteiger partial charge is 0.468 e. The zero-order valence-electron chi connectivity index (χ0n) is 11.0. The Bertz CT molecular complexity index is 597. The lowest BCUT2D eigenvalue weighted by Crippen LogP contribution is -2.06. The number of aryl methyl sites for hydroxylation is 1. The Kier molecular flexibility index (Phi) is 4.16. The summed E-state index contributed by atoms with van der Waals surface area (Å²) in [6.07, 6.45) is 0. The number of ether oxygens (including phenoxy) is 1. The average Bonchev–Trinajstić information content (AvgIpc) is 2.87. The monoisotopic (exact) mass is 278 g/mol. The van der Waals surface area contributed by atoms with Gasteiger partial charge in [0.1, 0.15) is 0 Å². The van der Waals surface area contributed by atoms with Gasteiger partial charge in [-0.05, 0) is 41.5 Å². The molecule has 100 valence electrons. The molecule has 0 saturated heterocycles. The van der Waals surface area contributed by atoms with Gasteiger partial charge in [-0.2, -0.15) is 4.68 Å². The highest BCUT2D eigenvalue weighted by Crippen LogP contribution is 2.22. The second-order valence-corrected chi connectivity index (χ2v) is 4.90. The number of hydrogen-bond donors (Lipinski definition) is 0. The zero-order chi connectivity index (χ0) is 13.8. The van der Waals surface area contributed by atoms with Crippen molar-refractivity contribution in [2.45, 2.75) is 19.0 Å². The smallest absolute Gasteiger partial charge is 0.316 e. The van der Waals surface area contributed by atoms with Crippen molar-refractivity contribution in [1.29, 1.82) is 0 Å². The molecule has 2 aromatic rings. The van der Waals surface area contributed by atoms with Crippen LogP contribution in [0.1, 0.15) is 11.1 Å². The van der Waals surface area contributed by atoms with E-state index in [9.17, 15) is 4.79 Å². The molecule has 0 N–H and O–H groups in total. The molecule has 0 bridgehead atoms. The molecule has 0 atom stereocenters. The number of tetrazole rings is 1. The first-order valence-corrected chi connectivity index (χ1v) is 6.66. The van der Waals surface area contributed by atoms with E-state index in [1.165, 1.54) is 18.9 Å². The van der Waals surface area contributed by atoms with E-state index in [0.29, 0.717) is 5.16 Å². The fraction of sp³-hybridized carbons (Fsp3) is 0.333. The van der Waals surface area contributed by atoms with Gasteiger partial charge >= 0.3 is 5.97 Å². The molecule has 0 amide bonds. The Hall–Kier alpha value is -1.89.